The first-order valence-corrected chi connectivity index (χ1v) is 10.00. The summed E-state index contributed by atoms with van der Waals surface area (Å²) in [4.78, 5) is 60.4. The molecule has 2 fully saturated rings. The second kappa shape index (κ2) is 9.15. The van der Waals surface area contributed by atoms with Gasteiger partial charge in [-0.15, -0.1) is 0 Å². The van der Waals surface area contributed by atoms with Crippen molar-refractivity contribution in [3.05, 3.63) is 39.9 Å². The number of carbonyl (C=O) groups excluding carboxylic acids is 4. The van der Waals surface area contributed by atoms with Gasteiger partial charge in [-0.05, 0) is 36.6 Å². The summed E-state index contributed by atoms with van der Waals surface area (Å²) in [7, 11) is 0. The van der Waals surface area contributed by atoms with E-state index in [2.05, 4.69) is 0 Å². The van der Waals surface area contributed by atoms with Crippen molar-refractivity contribution in [3.63, 3.8) is 0 Å². The summed E-state index contributed by atoms with van der Waals surface area (Å²) in [6.45, 7) is 1.58. The van der Waals surface area contributed by atoms with Crippen molar-refractivity contribution in [2.24, 2.45) is 17.8 Å². The van der Waals surface area contributed by atoms with E-state index in [4.69, 9.17) is 4.74 Å². The molecule has 30 heavy (non-hydrogen) atoms. The van der Waals surface area contributed by atoms with E-state index >= 15 is 0 Å². The molecule has 160 valence electrons. The maximum absolute atomic E-state index is 12.3. The number of ether oxygens (including phenoxy) is 1. The van der Waals surface area contributed by atoms with Gasteiger partial charge in [-0.3, -0.25) is 29.3 Å². The average molecular weight is 416 g/mol. The minimum absolute atomic E-state index is 0.0502. The lowest BCUT2D eigenvalue weighted by atomic mass is 9.88. The van der Waals surface area contributed by atoms with Gasteiger partial charge in [-0.2, -0.15) is 0 Å². The van der Waals surface area contributed by atoms with Crippen molar-refractivity contribution in [2.75, 3.05) is 24.6 Å². The van der Waals surface area contributed by atoms with Crippen LogP contribution in [-0.2, 0) is 19.1 Å². The quantitative estimate of drug-likeness (QED) is 0.275. The fourth-order valence-corrected chi connectivity index (χ4v) is 4.22. The van der Waals surface area contributed by atoms with Crippen LogP contribution in [0.5, 0.6) is 0 Å². The second-order valence-electron chi connectivity index (χ2n) is 7.92. The maximum atomic E-state index is 12.3. The summed E-state index contributed by atoms with van der Waals surface area (Å²) < 4.78 is 5.03. The molecule has 9 nitrogen and oxygen atoms in total. The normalized spacial score (nSPS) is 23.6. The first-order chi connectivity index (χ1) is 14.3. The summed E-state index contributed by atoms with van der Waals surface area (Å²) in [5.74, 6) is -2.66. The summed E-state index contributed by atoms with van der Waals surface area (Å²) in [5.41, 5.74) is 1.06. The van der Waals surface area contributed by atoms with E-state index in [1.807, 2.05) is 0 Å². The lowest BCUT2D eigenvalue weighted by molar-refractivity contribution is -0.490. The molecule has 2 aliphatic rings. The SMILES string of the molecule is C[C@H]1CC(=O)[C@@H](CC(=O)OCC(=O)c2ccc(N3CCCC3=O)cc2)[C@@H]1C[N+](=O)[O-]. The average Bonchev–Trinajstić information content (AvgIpc) is 3.24. The molecule has 1 aromatic carbocycles. The van der Waals surface area contributed by atoms with Gasteiger partial charge in [0.05, 0.1) is 6.42 Å². The number of benzene rings is 1. The minimum atomic E-state index is -0.745. The van der Waals surface area contributed by atoms with Gasteiger partial charge in [0.15, 0.2) is 12.4 Å². The van der Waals surface area contributed by atoms with Gasteiger partial charge in [0.1, 0.15) is 5.78 Å². The highest BCUT2D eigenvalue weighted by Crippen LogP contribution is 2.36. The molecular formula is C21H24N2O7. The van der Waals surface area contributed by atoms with Crippen molar-refractivity contribution in [1.29, 1.82) is 0 Å². The third-order valence-electron chi connectivity index (χ3n) is 5.87. The van der Waals surface area contributed by atoms with Crippen LogP contribution >= 0.6 is 0 Å². The molecule has 1 aromatic rings. The zero-order valence-electron chi connectivity index (χ0n) is 16.7. The monoisotopic (exact) mass is 416 g/mol. The van der Waals surface area contributed by atoms with Crippen molar-refractivity contribution in [1.82, 2.24) is 0 Å². The Bertz CT molecular complexity index is 865. The van der Waals surface area contributed by atoms with Gasteiger partial charge in [0, 0.05) is 47.4 Å². The van der Waals surface area contributed by atoms with Crippen LogP contribution in [0.3, 0.4) is 0 Å². The predicted octanol–water partition coefficient (Wildman–Crippen LogP) is 2.05. The summed E-state index contributed by atoms with van der Waals surface area (Å²) >= 11 is 0. The highest BCUT2D eigenvalue weighted by atomic mass is 16.6. The Labute approximate surface area is 173 Å². The molecule has 1 saturated heterocycles. The summed E-state index contributed by atoms with van der Waals surface area (Å²) in [6, 6.07) is 6.51. The Hall–Kier alpha value is -3.10. The number of rotatable bonds is 8. The Morgan fingerprint density at radius 3 is 2.53 bits per heavy atom. The number of nitrogens with zero attached hydrogens (tertiary/aromatic N) is 2. The Morgan fingerprint density at radius 2 is 1.93 bits per heavy atom. The van der Waals surface area contributed by atoms with Gasteiger partial charge in [0.2, 0.25) is 12.5 Å². The van der Waals surface area contributed by atoms with E-state index in [0.717, 1.165) is 12.1 Å². The van der Waals surface area contributed by atoms with Crippen molar-refractivity contribution in [3.8, 4) is 0 Å². The van der Waals surface area contributed by atoms with Gasteiger partial charge in [-0.1, -0.05) is 6.92 Å². The van der Waals surface area contributed by atoms with E-state index in [1.54, 1.807) is 36.1 Å². The third-order valence-corrected chi connectivity index (χ3v) is 5.87. The molecule has 3 rings (SSSR count). The van der Waals surface area contributed by atoms with Gasteiger partial charge < -0.3 is 9.64 Å². The zero-order valence-corrected chi connectivity index (χ0v) is 16.7. The number of hydrogen-bond donors (Lipinski definition) is 0. The van der Waals surface area contributed by atoms with Crippen LogP contribution in [0.25, 0.3) is 0 Å². The topological polar surface area (TPSA) is 124 Å². The Morgan fingerprint density at radius 1 is 1.23 bits per heavy atom. The van der Waals surface area contributed by atoms with E-state index < -0.39 is 35.1 Å². The maximum Gasteiger partial charge on any atom is 0.306 e. The number of esters is 1. The highest BCUT2D eigenvalue weighted by Gasteiger charge is 2.44. The van der Waals surface area contributed by atoms with E-state index in [0.29, 0.717) is 18.5 Å². The molecule has 0 spiro atoms. The largest absolute Gasteiger partial charge is 0.457 e. The number of Topliss-reactive ketones (excluding diaryl/α,β-unsaturated/α-hetero) is 2. The van der Waals surface area contributed by atoms with Gasteiger partial charge >= 0.3 is 5.97 Å². The number of anilines is 1. The Balaban J connectivity index is 1.52. The van der Waals surface area contributed by atoms with Gasteiger partial charge in [-0.25, -0.2) is 0 Å². The molecule has 0 N–H and O–H groups in total. The van der Waals surface area contributed by atoms with Gasteiger partial charge in [0.25, 0.3) is 0 Å². The molecule has 1 saturated carbocycles. The lowest BCUT2D eigenvalue weighted by Crippen LogP contribution is -2.28. The van der Waals surface area contributed by atoms with Crippen LogP contribution < -0.4 is 4.90 Å². The van der Waals surface area contributed by atoms with Crippen molar-refractivity contribution >= 4 is 29.1 Å². The Kier molecular flexibility index (Phi) is 6.59. The zero-order chi connectivity index (χ0) is 21.8. The molecular weight excluding hydrogens is 392 g/mol. The van der Waals surface area contributed by atoms with E-state index in [1.165, 1.54) is 0 Å². The van der Waals surface area contributed by atoms with E-state index in [-0.39, 0.29) is 37.0 Å². The minimum Gasteiger partial charge on any atom is -0.457 e. The first kappa shape index (κ1) is 21.6. The van der Waals surface area contributed by atoms with Crippen LogP contribution in [0, 0.1) is 27.9 Å². The van der Waals surface area contributed by atoms with Crippen molar-refractivity contribution < 1.29 is 28.8 Å². The molecule has 0 unspecified atom stereocenters. The molecule has 1 heterocycles. The van der Waals surface area contributed by atoms with Crippen LogP contribution in [0.1, 0.15) is 43.0 Å². The number of hydrogen-bond acceptors (Lipinski definition) is 7. The fraction of sp³-hybridized carbons (Fsp3) is 0.524. The molecule has 0 aromatic heterocycles. The standard InChI is InChI=1S/C21H24N2O7/c1-13-9-18(24)16(17(13)11-23(28)29)10-21(27)30-12-19(25)14-4-6-15(7-5-14)22-8-2-3-20(22)26/h4-7,13,16-17H,2-3,8-12H2,1H3/t13-,16-,17+/m0/s1. The molecule has 1 aliphatic heterocycles. The molecule has 0 bridgehead atoms. The number of carbonyl (C=O) groups is 4. The summed E-state index contributed by atoms with van der Waals surface area (Å²) in [6.07, 6.45) is 1.27. The molecule has 1 amide bonds. The van der Waals surface area contributed by atoms with Crippen LogP contribution in [-0.4, -0.2) is 48.1 Å². The van der Waals surface area contributed by atoms with Crippen molar-refractivity contribution in [2.45, 2.75) is 32.6 Å². The van der Waals surface area contributed by atoms with E-state index in [9.17, 15) is 29.3 Å². The number of ketones is 2. The third kappa shape index (κ3) is 4.90. The van der Waals surface area contributed by atoms with Crippen LogP contribution in [0.2, 0.25) is 0 Å². The number of nitro groups is 1. The van der Waals surface area contributed by atoms with Crippen LogP contribution in [0.15, 0.2) is 24.3 Å². The second-order valence-corrected chi connectivity index (χ2v) is 7.92. The highest BCUT2D eigenvalue weighted by molar-refractivity contribution is 5.99. The molecule has 3 atom stereocenters. The smallest absolute Gasteiger partial charge is 0.306 e. The molecule has 0 radical (unpaired) electrons. The van der Waals surface area contributed by atoms with Crippen LogP contribution in [0.4, 0.5) is 5.69 Å². The lowest BCUT2D eigenvalue weighted by Gasteiger charge is -2.17. The summed E-state index contributed by atoms with van der Waals surface area (Å²) in [5, 5.41) is 10.8. The predicted molar refractivity (Wildman–Crippen MR) is 106 cm³/mol. The molecule has 1 aliphatic carbocycles. The fourth-order valence-electron chi connectivity index (χ4n) is 4.22. The first-order valence-electron chi connectivity index (χ1n) is 10.00. The molecule has 9 heteroatoms. The number of amides is 1.